The number of aromatic nitrogens is 1. The summed E-state index contributed by atoms with van der Waals surface area (Å²) in [4.78, 5) is 6.65. The van der Waals surface area contributed by atoms with Crippen LogP contribution in [0.2, 0.25) is 0 Å². The van der Waals surface area contributed by atoms with E-state index < -0.39 is 0 Å². The Morgan fingerprint density at radius 1 is 1.33 bits per heavy atom. The highest BCUT2D eigenvalue weighted by Gasteiger charge is 2.17. The number of nitrogens with zero attached hydrogens (tertiary/aromatic N) is 2. The molecule has 1 saturated heterocycles. The number of pyridine rings is 1. The van der Waals surface area contributed by atoms with E-state index in [1.807, 2.05) is 12.3 Å². The molecular formula is C15H18N2O. The summed E-state index contributed by atoms with van der Waals surface area (Å²) in [5.41, 5.74) is 2.34. The van der Waals surface area contributed by atoms with Crippen molar-refractivity contribution in [1.82, 2.24) is 9.88 Å². The Kier molecular flexibility index (Phi) is 3.26. The molecule has 18 heavy (non-hydrogen) atoms. The van der Waals surface area contributed by atoms with E-state index in [1.165, 1.54) is 10.9 Å². The van der Waals surface area contributed by atoms with Crippen LogP contribution in [0, 0.1) is 0 Å². The Morgan fingerprint density at radius 3 is 3.17 bits per heavy atom. The predicted octanol–water partition coefficient (Wildman–Crippen LogP) is 2.19. The second kappa shape index (κ2) is 5.04. The van der Waals surface area contributed by atoms with Crippen LogP contribution in [-0.2, 0) is 6.54 Å². The molecule has 94 valence electrons. The number of fused-ring (bicyclic) bond motifs is 1. The maximum Gasteiger partial charge on any atom is 0.0702 e. The second-order valence-electron chi connectivity index (χ2n) is 5.06. The minimum Gasteiger partial charge on any atom is -0.392 e. The average Bonchev–Trinajstić information content (AvgIpc) is 2.39. The molecule has 0 saturated carbocycles. The molecule has 1 fully saturated rings. The molecule has 1 aliphatic heterocycles. The van der Waals surface area contributed by atoms with Crippen LogP contribution in [0.15, 0.2) is 36.5 Å². The molecular weight excluding hydrogens is 224 g/mol. The summed E-state index contributed by atoms with van der Waals surface area (Å²) < 4.78 is 0. The standard InChI is InChI=1S/C15H18N2O/c18-14-4-2-8-17(11-14)10-12-5-6-15-13(9-12)3-1-7-16-15/h1,3,5-7,9,14,18H,2,4,8,10-11H2. The molecule has 2 heterocycles. The first kappa shape index (κ1) is 11.6. The Morgan fingerprint density at radius 2 is 2.28 bits per heavy atom. The third-order valence-electron chi connectivity index (χ3n) is 3.55. The van der Waals surface area contributed by atoms with E-state index in [4.69, 9.17) is 0 Å². The fourth-order valence-corrected chi connectivity index (χ4v) is 2.66. The largest absolute Gasteiger partial charge is 0.392 e. The highest BCUT2D eigenvalue weighted by Crippen LogP contribution is 2.17. The van der Waals surface area contributed by atoms with Crippen LogP contribution in [0.3, 0.4) is 0 Å². The summed E-state index contributed by atoms with van der Waals surface area (Å²) in [6, 6.07) is 10.5. The highest BCUT2D eigenvalue weighted by atomic mass is 16.3. The van der Waals surface area contributed by atoms with Crippen molar-refractivity contribution in [3.05, 3.63) is 42.1 Å². The number of β-amino-alcohol motifs (C(OH)–C–C–N with tert-alkyl or cyclic N) is 1. The van der Waals surface area contributed by atoms with Crippen LogP contribution in [-0.4, -0.2) is 34.2 Å². The van der Waals surface area contributed by atoms with Crippen molar-refractivity contribution in [3.63, 3.8) is 0 Å². The van der Waals surface area contributed by atoms with Crippen molar-refractivity contribution in [2.75, 3.05) is 13.1 Å². The van der Waals surface area contributed by atoms with Gasteiger partial charge in [-0.15, -0.1) is 0 Å². The molecule has 1 N–H and O–H groups in total. The van der Waals surface area contributed by atoms with Crippen molar-refractivity contribution in [3.8, 4) is 0 Å². The fraction of sp³-hybridized carbons (Fsp3) is 0.400. The zero-order chi connectivity index (χ0) is 12.4. The third kappa shape index (κ3) is 2.52. The van der Waals surface area contributed by atoms with Gasteiger partial charge in [0.2, 0.25) is 0 Å². The summed E-state index contributed by atoms with van der Waals surface area (Å²) in [6.45, 7) is 2.80. The number of aliphatic hydroxyl groups is 1. The zero-order valence-electron chi connectivity index (χ0n) is 10.4. The maximum atomic E-state index is 9.68. The van der Waals surface area contributed by atoms with Crippen molar-refractivity contribution in [2.45, 2.75) is 25.5 Å². The first-order valence-electron chi connectivity index (χ1n) is 6.55. The van der Waals surface area contributed by atoms with E-state index in [9.17, 15) is 5.11 Å². The normalized spacial score (nSPS) is 21.3. The van der Waals surface area contributed by atoms with Gasteiger partial charge in [0.05, 0.1) is 11.6 Å². The summed E-state index contributed by atoms with van der Waals surface area (Å²) in [6.07, 6.45) is 3.71. The Bertz CT molecular complexity index is 541. The van der Waals surface area contributed by atoms with Crippen molar-refractivity contribution < 1.29 is 5.11 Å². The van der Waals surface area contributed by atoms with Gasteiger partial charge in [0.1, 0.15) is 0 Å². The van der Waals surface area contributed by atoms with E-state index in [1.54, 1.807) is 0 Å². The third-order valence-corrected chi connectivity index (χ3v) is 3.55. The number of likely N-dealkylation sites (tertiary alicyclic amines) is 1. The molecule has 0 radical (unpaired) electrons. The Labute approximate surface area is 107 Å². The number of hydrogen-bond acceptors (Lipinski definition) is 3. The van der Waals surface area contributed by atoms with Gasteiger partial charge in [-0.3, -0.25) is 9.88 Å². The summed E-state index contributed by atoms with van der Waals surface area (Å²) in [5.74, 6) is 0. The van der Waals surface area contributed by atoms with Gasteiger partial charge < -0.3 is 5.11 Å². The number of aliphatic hydroxyl groups excluding tert-OH is 1. The lowest BCUT2D eigenvalue weighted by molar-refractivity contribution is 0.0668. The molecule has 3 heteroatoms. The SMILES string of the molecule is OC1CCCN(Cc2ccc3ncccc3c2)C1. The zero-order valence-corrected chi connectivity index (χ0v) is 10.4. The fourth-order valence-electron chi connectivity index (χ4n) is 2.66. The lowest BCUT2D eigenvalue weighted by Gasteiger charge is -2.30. The number of piperidine rings is 1. The molecule has 1 aromatic carbocycles. The molecule has 3 rings (SSSR count). The molecule has 2 aromatic rings. The van der Waals surface area contributed by atoms with Gasteiger partial charge in [-0.05, 0) is 43.1 Å². The summed E-state index contributed by atoms with van der Waals surface area (Å²) >= 11 is 0. The highest BCUT2D eigenvalue weighted by molar-refractivity contribution is 5.78. The van der Waals surface area contributed by atoms with Gasteiger partial charge in [-0.1, -0.05) is 12.1 Å². The quantitative estimate of drug-likeness (QED) is 0.877. The van der Waals surface area contributed by atoms with Crippen LogP contribution < -0.4 is 0 Å². The molecule has 1 unspecified atom stereocenters. The van der Waals surface area contributed by atoms with Crippen LogP contribution >= 0.6 is 0 Å². The van der Waals surface area contributed by atoms with Gasteiger partial charge >= 0.3 is 0 Å². The summed E-state index contributed by atoms with van der Waals surface area (Å²) in [5, 5.41) is 10.9. The van der Waals surface area contributed by atoms with E-state index in [0.29, 0.717) is 0 Å². The van der Waals surface area contributed by atoms with E-state index in [0.717, 1.165) is 38.0 Å². The molecule has 1 aromatic heterocycles. The molecule has 1 atom stereocenters. The van der Waals surface area contributed by atoms with E-state index in [2.05, 4.69) is 34.1 Å². The minimum atomic E-state index is -0.152. The molecule has 0 aliphatic carbocycles. The average molecular weight is 242 g/mol. The van der Waals surface area contributed by atoms with Crippen LogP contribution in [0.1, 0.15) is 18.4 Å². The minimum absolute atomic E-state index is 0.152. The van der Waals surface area contributed by atoms with Crippen molar-refractivity contribution in [1.29, 1.82) is 0 Å². The molecule has 3 nitrogen and oxygen atoms in total. The van der Waals surface area contributed by atoms with Crippen LogP contribution in [0.25, 0.3) is 10.9 Å². The summed E-state index contributed by atoms with van der Waals surface area (Å²) in [7, 11) is 0. The Hall–Kier alpha value is -1.45. The topological polar surface area (TPSA) is 36.4 Å². The van der Waals surface area contributed by atoms with Gasteiger partial charge in [0.25, 0.3) is 0 Å². The first-order valence-corrected chi connectivity index (χ1v) is 6.55. The van der Waals surface area contributed by atoms with Gasteiger partial charge in [-0.2, -0.15) is 0 Å². The second-order valence-corrected chi connectivity index (χ2v) is 5.06. The maximum absolute atomic E-state index is 9.68. The van der Waals surface area contributed by atoms with Crippen LogP contribution in [0.4, 0.5) is 0 Å². The molecule has 0 spiro atoms. The van der Waals surface area contributed by atoms with Crippen molar-refractivity contribution >= 4 is 10.9 Å². The van der Waals surface area contributed by atoms with Gasteiger partial charge in [0, 0.05) is 24.7 Å². The molecule has 0 amide bonds. The van der Waals surface area contributed by atoms with Gasteiger partial charge in [0.15, 0.2) is 0 Å². The molecule has 1 aliphatic rings. The lowest BCUT2D eigenvalue weighted by Crippen LogP contribution is -2.37. The van der Waals surface area contributed by atoms with Crippen LogP contribution in [0.5, 0.6) is 0 Å². The number of hydrogen-bond donors (Lipinski definition) is 1. The monoisotopic (exact) mass is 242 g/mol. The Balaban J connectivity index is 1.78. The number of benzene rings is 1. The van der Waals surface area contributed by atoms with E-state index in [-0.39, 0.29) is 6.10 Å². The first-order chi connectivity index (χ1) is 8.81. The number of rotatable bonds is 2. The van der Waals surface area contributed by atoms with Crippen molar-refractivity contribution in [2.24, 2.45) is 0 Å². The lowest BCUT2D eigenvalue weighted by atomic mass is 10.1. The van der Waals surface area contributed by atoms with Gasteiger partial charge in [-0.25, -0.2) is 0 Å². The molecule has 0 bridgehead atoms. The smallest absolute Gasteiger partial charge is 0.0702 e. The predicted molar refractivity (Wildman–Crippen MR) is 72.3 cm³/mol. The van der Waals surface area contributed by atoms with E-state index >= 15 is 0 Å².